The van der Waals surface area contributed by atoms with Crippen LogP contribution < -0.4 is 0 Å². The molecule has 1 aromatic heterocycles. The highest BCUT2D eigenvalue weighted by molar-refractivity contribution is 5.27. The lowest BCUT2D eigenvalue weighted by molar-refractivity contribution is 0.685. The number of hydrogen-bond donors (Lipinski definition) is 0. The first-order valence-corrected chi connectivity index (χ1v) is 3.48. The molecule has 0 amide bonds. The van der Waals surface area contributed by atoms with Gasteiger partial charge in [0, 0.05) is 12.4 Å². The molecule has 0 aromatic carbocycles. The normalized spacial score (nSPS) is 10.6. The third kappa shape index (κ3) is 1.56. The largest absolute Gasteiger partial charge is 0.265 e. The van der Waals surface area contributed by atoms with Crippen LogP contribution in [0.4, 0.5) is 0 Å². The van der Waals surface area contributed by atoms with Crippen LogP contribution in [0, 0.1) is 11.3 Å². The van der Waals surface area contributed by atoms with E-state index in [1.165, 1.54) is 0 Å². The fraction of sp³-hybridized carbons (Fsp3) is 0.333. The van der Waals surface area contributed by atoms with Crippen molar-refractivity contribution in [2.24, 2.45) is 0 Å². The minimum absolute atomic E-state index is 0.400. The van der Waals surface area contributed by atoms with Gasteiger partial charge in [0.25, 0.3) is 0 Å². The zero-order valence-electron chi connectivity index (χ0n) is 6.70. The monoisotopic (exact) mass is 146 g/mol. The van der Waals surface area contributed by atoms with Gasteiger partial charge in [0.2, 0.25) is 0 Å². The zero-order chi connectivity index (χ0) is 8.32. The molecule has 0 radical (unpaired) electrons. The van der Waals surface area contributed by atoms with Crippen molar-refractivity contribution in [3.63, 3.8) is 0 Å². The molecular formula is C9H10N2. The van der Waals surface area contributed by atoms with Crippen LogP contribution in [0.25, 0.3) is 0 Å². The topological polar surface area (TPSA) is 36.7 Å². The van der Waals surface area contributed by atoms with E-state index in [9.17, 15) is 0 Å². The molecule has 56 valence electrons. The molecule has 0 N–H and O–H groups in total. The van der Waals surface area contributed by atoms with Gasteiger partial charge in [-0.1, -0.05) is 0 Å². The third-order valence-corrected chi connectivity index (χ3v) is 1.68. The minimum atomic E-state index is -0.400. The maximum Gasteiger partial charge on any atom is 0.0767 e. The highest BCUT2D eigenvalue weighted by atomic mass is 14.6. The van der Waals surface area contributed by atoms with Crippen LogP contribution in [0.3, 0.4) is 0 Å². The molecule has 0 spiro atoms. The first kappa shape index (κ1) is 7.74. The molecule has 1 aromatic rings. The number of aromatic nitrogens is 1. The quantitative estimate of drug-likeness (QED) is 0.606. The standard InChI is InChI=1S/C9H10N2/c1-9(2,7-10)8-3-5-11-6-4-8/h3-6H,1-2H3. The minimum Gasteiger partial charge on any atom is -0.265 e. The summed E-state index contributed by atoms with van der Waals surface area (Å²) >= 11 is 0. The van der Waals surface area contributed by atoms with Crippen molar-refractivity contribution in [2.75, 3.05) is 0 Å². The van der Waals surface area contributed by atoms with Crippen LogP contribution in [0.1, 0.15) is 19.4 Å². The van der Waals surface area contributed by atoms with Gasteiger partial charge in [0.05, 0.1) is 11.5 Å². The Kier molecular flexibility index (Phi) is 1.91. The Morgan fingerprint density at radius 3 is 2.36 bits per heavy atom. The molecule has 2 nitrogen and oxygen atoms in total. The highest BCUT2D eigenvalue weighted by Gasteiger charge is 2.18. The maximum atomic E-state index is 8.78. The van der Waals surface area contributed by atoms with E-state index in [1.54, 1.807) is 12.4 Å². The second-order valence-electron chi connectivity index (χ2n) is 2.97. The Hall–Kier alpha value is -1.36. The molecule has 0 aliphatic carbocycles. The number of nitriles is 1. The second-order valence-corrected chi connectivity index (χ2v) is 2.97. The third-order valence-electron chi connectivity index (χ3n) is 1.68. The summed E-state index contributed by atoms with van der Waals surface area (Å²) in [7, 11) is 0. The molecule has 0 fully saturated rings. The SMILES string of the molecule is CC(C)(C#N)c1ccncc1. The van der Waals surface area contributed by atoms with E-state index in [2.05, 4.69) is 11.1 Å². The van der Waals surface area contributed by atoms with Crippen molar-refractivity contribution < 1.29 is 0 Å². The smallest absolute Gasteiger partial charge is 0.0767 e. The Morgan fingerprint density at radius 1 is 1.36 bits per heavy atom. The molecule has 1 rings (SSSR count). The first-order chi connectivity index (χ1) is 5.17. The predicted molar refractivity (Wildman–Crippen MR) is 42.9 cm³/mol. The number of rotatable bonds is 1. The van der Waals surface area contributed by atoms with E-state index in [1.807, 2.05) is 26.0 Å². The summed E-state index contributed by atoms with van der Waals surface area (Å²) in [4.78, 5) is 3.88. The van der Waals surface area contributed by atoms with Crippen molar-refractivity contribution in [1.29, 1.82) is 5.26 Å². The van der Waals surface area contributed by atoms with Crippen LogP contribution in [-0.4, -0.2) is 4.98 Å². The molecule has 0 unspecified atom stereocenters. The summed E-state index contributed by atoms with van der Waals surface area (Å²) < 4.78 is 0. The molecule has 1 heterocycles. The fourth-order valence-electron chi connectivity index (χ4n) is 0.833. The lowest BCUT2D eigenvalue weighted by Gasteiger charge is -2.14. The van der Waals surface area contributed by atoms with Crippen molar-refractivity contribution in [1.82, 2.24) is 4.98 Å². The highest BCUT2D eigenvalue weighted by Crippen LogP contribution is 2.20. The molecule has 0 saturated heterocycles. The Labute approximate surface area is 66.5 Å². The van der Waals surface area contributed by atoms with Gasteiger partial charge in [-0.3, -0.25) is 4.98 Å². The molecule has 0 aliphatic heterocycles. The van der Waals surface area contributed by atoms with Gasteiger partial charge in [-0.25, -0.2) is 0 Å². The second kappa shape index (κ2) is 2.71. The summed E-state index contributed by atoms with van der Waals surface area (Å²) in [5.74, 6) is 0. The van der Waals surface area contributed by atoms with Crippen molar-refractivity contribution in [3.05, 3.63) is 30.1 Å². The van der Waals surface area contributed by atoms with E-state index in [0.717, 1.165) is 5.56 Å². The maximum absolute atomic E-state index is 8.78. The van der Waals surface area contributed by atoms with Crippen molar-refractivity contribution in [2.45, 2.75) is 19.3 Å². The van der Waals surface area contributed by atoms with Crippen LogP contribution in [0.15, 0.2) is 24.5 Å². The lowest BCUT2D eigenvalue weighted by Crippen LogP contribution is -2.13. The lowest BCUT2D eigenvalue weighted by atomic mass is 9.87. The van der Waals surface area contributed by atoms with E-state index < -0.39 is 5.41 Å². The van der Waals surface area contributed by atoms with Crippen LogP contribution in [0.5, 0.6) is 0 Å². The predicted octanol–water partition coefficient (Wildman–Crippen LogP) is 1.88. The summed E-state index contributed by atoms with van der Waals surface area (Å²) in [5, 5.41) is 8.78. The molecule has 0 saturated carbocycles. The van der Waals surface area contributed by atoms with Crippen LogP contribution >= 0.6 is 0 Å². The van der Waals surface area contributed by atoms with Gasteiger partial charge in [-0.15, -0.1) is 0 Å². The fourth-order valence-corrected chi connectivity index (χ4v) is 0.833. The molecule has 0 aliphatic rings. The van der Waals surface area contributed by atoms with E-state index >= 15 is 0 Å². The zero-order valence-corrected chi connectivity index (χ0v) is 6.70. The van der Waals surface area contributed by atoms with Crippen LogP contribution in [-0.2, 0) is 5.41 Å². The van der Waals surface area contributed by atoms with Crippen LogP contribution in [0.2, 0.25) is 0 Å². The number of pyridine rings is 1. The van der Waals surface area contributed by atoms with E-state index in [0.29, 0.717) is 0 Å². The van der Waals surface area contributed by atoms with Gasteiger partial charge in [0.1, 0.15) is 0 Å². The first-order valence-electron chi connectivity index (χ1n) is 3.48. The number of nitrogens with zero attached hydrogens (tertiary/aromatic N) is 2. The summed E-state index contributed by atoms with van der Waals surface area (Å²) in [6, 6.07) is 5.96. The summed E-state index contributed by atoms with van der Waals surface area (Å²) in [6.07, 6.45) is 3.41. The van der Waals surface area contributed by atoms with Crippen molar-refractivity contribution in [3.8, 4) is 6.07 Å². The van der Waals surface area contributed by atoms with Gasteiger partial charge in [0.15, 0.2) is 0 Å². The Balaban J connectivity index is 3.05. The van der Waals surface area contributed by atoms with Gasteiger partial charge >= 0.3 is 0 Å². The molecule has 2 heteroatoms. The average molecular weight is 146 g/mol. The average Bonchev–Trinajstić information content (AvgIpc) is 2.06. The summed E-state index contributed by atoms with van der Waals surface area (Å²) in [5.41, 5.74) is 0.609. The van der Waals surface area contributed by atoms with Gasteiger partial charge in [-0.05, 0) is 31.5 Å². The molecular weight excluding hydrogens is 136 g/mol. The molecule has 0 bridgehead atoms. The summed E-state index contributed by atoms with van der Waals surface area (Å²) in [6.45, 7) is 3.78. The van der Waals surface area contributed by atoms with Gasteiger partial charge < -0.3 is 0 Å². The van der Waals surface area contributed by atoms with E-state index in [-0.39, 0.29) is 0 Å². The Bertz CT molecular complexity index is 269. The molecule has 0 atom stereocenters. The molecule has 11 heavy (non-hydrogen) atoms. The number of hydrogen-bond acceptors (Lipinski definition) is 2. The van der Waals surface area contributed by atoms with Crippen molar-refractivity contribution >= 4 is 0 Å². The van der Waals surface area contributed by atoms with Gasteiger partial charge in [-0.2, -0.15) is 5.26 Å². The Morgan fingerprint density at radius 2 is 1.91 bits per heavy atom. The van der Waals surface area contributed by atoms with E-state index in [4.69, 9.17) is 5.26 Å².